The second-order valence-electron chi connectivity index (χ2n) is 6.53. The zero-order valence-electron chi connectivity index (χ0n) is 17.1. The Morgan fingerprint density at radius 2 is 1.94 bits per heavy atom. The fraction of sp³-hybridized carbons (Fsp3) is 0.238. The molecular formula is C21H23N3O5S2. The van der Waals surface area contributed by atoms with Crippen LogP contribution in [-0.4, -0.2) is 46.2 Å². The smallest absolute Gasteiger partial charge is 0.262 e. The van der Waals surface area contributed by atoms with Crippen LogP contribution in [0.1, 0.15) is 5.01 Å². The first-order valence-corrected chi connectivity index (χ1v) is 11.8. The highest BCUT2D eigenvalue weighted by Gasteiger charge is 2.13. The molecule has 0 unspecified atom stereocenters. The fourth-order valence-electron chi connectivity index (χ4n) is 2.67. The van der Waals surface area contributed by atoms with E-state index in [1.807, 2.05) is 30.5 Å². The third-order valence-electron chi connectivity index (χ3n) is 4.16. The van der Waals surface area contributed by atoms with E-state index in [0.29, 0.717) is 11.4 Å². The molecule has 8 nitrogen and oxygen atoms in total. The van der Waals surface area contributed by atoms with Crippen molar-refractivity contribution < 1.29 is 22.7 Å². The number of sulfonamides is 1. The highest BCUT2D eigenvalue weighted by Crippen LogP contribution is 2.24. The number of aromatic nitrogens is 1. The van der Waals surface area contributed by atoms with Crippen molar-refractivity contribution in [3.8, 4) is 17.0 Å². The Kier molecular flexibility index (Phi) is 7.75. The Bertz CT molecular complexity index is 1130. The largest absolute Gasteiger partial charge is 0.484 e. The van der Waals surface area contributed by atoms with E-state index >= 15 is 0 Å². The van der Waals surface area contributed by atoms with Gasteiger partial charge in [0.05, 0.1) is 22.2 Å². The van der Waals surface area contributed by atoms with Crippen molar-refractivity contribution in [1.29, 1.82) is 0 Å². The van der Waals surface area contributed by atoms with Crippen LogP contribution in [0.3, 0.4) is 0 Å². The number of carbonyl (C=O) groups is 1. The summed E-state index contributed by atoms with van der Waals surface area (Å²) in [6.07, 6.45) is 0. The van der Waals surface area contributed by atoms with Crippen molar-refractivity contribution in [3.63, 3.8) is 0 Å². The zero-order valence-corrected chi connectivity index (χ0v) is 18.8. The van der Waals surface area contributed by atoms with Gasteiger partial charge in [-0.05, 0) is 43.3 Å². The molecule has 1 amide bonds. The van der Waals surface area contributed by atoms with Crippen LogP contribution in [0.2, 0.25) is 0 Å². The molecule has 0 aliphatic rings. The van der Waals surface area contributed by atoms with E-state index in [-0.39, 0.29) is 30.6 Å². The lowest BCUT2D eigenvalue weighted by atomic mass is 10.1. The minimum absolute atomic E-state index is 0.106. The number of methoxy groups -OCH3 is 1. The van der Waals surface area contributed by atoms with Crippen LogP contribution < -0.4 is 14.8 Å². The normalized spacial score (nSPS) is 11.3. The van der Waals surface area contributed by atoms with E-state index in [4.69, 9.17) is 9.47 Å². The SMILES string of the molecule is COCCNS(=O)(=O)c1ccc(OCC(=O)Nc2cccc(-c3csc(C)n3)c2)cc1. The average molecular weight is 462 g/mol. The number of amides is 1. The molecule has 3 aromatic rings. The van der Waals surface area contributed by atoms with Gasteiger partial charge in [0.25, 0.3) is 5.91 Å². The summed E-state index contributed by atoms with van der Waals surface area (Å²) in [5, 5.41) is 5.73. The molecule has 0 atom stereocenters. The highest BCUT2D eigenvalue weighted by atomic mass is 32.2. The molecule has 31 heavy (non-hydrogen) atoms. The first-order chi connectivity index (χ1) is 14.9. The molecular weight excluding hydrogens is 438 g/mol. The third-order valence-corrected chi connectivity index (χ3v) is 6.41. The molecule has 10 heteroatoms. The maximum atomic E-state index is 12.2. The summed E-state index contributed by atoms with van der Waals surface area (Å²) >= 11 is 1.57. The molecule has 0 bridgehead atoms. The van der Waals surface area contributed by atoms with E-state index in [0.717, 1.165) is 16.3 Å². The number of thiazole rings is 1. The molecule has 0 saturated carbocycles. The summed E-state index contributed by atoms with van der Waals surface area (Å²) < 4.78 is 37.0. The number of ether oxygens (including phenoxy) is 2. The van der Waals surface area contributed by atoms with Gasteiger partial charge < -0.3 is 14.8 Å². The average Bonchev–Trinajstić information content (AvgIpc) is 3.19. The van der Waals surface area contributed by atoms with Gasteiger partial charge in [0.1, 0.15) is 5.75 Å². The Morgan fingerprint density at radius 3 is 2.61 bits per heavy atom. The zero-order chi connectivity index (χ0) is 22.3. The van der Waals surface area contributed by atoms with Gasteiger partial charge in [-0.2, -0.15) is 0 Å². The molecule has 164 valence electrons. The molecule has 2 aromatic carbocycles. The lowest BCUT2D eigenvalue weighted by Gasteiger charge is -2.10. The maximum Gasteiger partial charge on any atom is 0.262 e. The Balaban J connectivity index is 1.54. The predicted molar refractivity (Wildman–Crippen MR) is 120 cm³/mol. The number of benzene rings is 2. The fourth-order valence-corrected chi connectivity index (χ4v) is 4.31. The summed E-state index contributed by atoms with van der Waals surface area (Å²) in [5.74, 6) is 0.0576. The van der Waals surface area contributed by atoms with Crippen molar-refractivity contribution in [1.82, 2.24) is 9.71 Å². The lowest BCUT2D eigenvalue weighted by Crippen LogP contribution is -2.27. The lowest BCUT2D eigenvalue weighted by molar-refractivity contribution is -0.118. The van der Waals surface area contributed by atoms with E-state index in [1.165, 1.54) is 31.4 Å². The van der Waals surface area contributed by atoms with Gasteiger partial charge in [-0.3, -0.25) is 4.79 Å². The minimum atomic E-state index is -3.62. The van der Waals surface area contributed by atoms with Crippen LogP contribution >= 0.6 is 11.3 Å². The number of aryl methyl sites for hydroxylation is 1. The van der Waals surface area contributed by atoms with E-state index in [9.17, 15) is 13.2 Å². The summed E-state index contributed by atoms with van der Waals surface area (Å²) in [4.78, 5) is 16.8. The van der Waals surface area contributed by atoms with Gasteiger partial charge >= 0.3 is 0 Å². The Labute approximate surface area is 185 Å². The Morgan fingerprint density at radius 1 is 1.16 bits per heavy atom. The first-order valence-electron chi connectivity index (χ1n) is 9.41. The van der Waals surface area contributed by atoms with Crippen LogP contribution in [0.15, 0.2) is 58.8 Å². The van der Waals surface area contributed by atoms with E-state index in [2.05, 4.69) is 15.0 Å². The van der Waals surface area contributed by atoms with Crippen molar-refractivity contribution in [3.05, 3.63) is 58.9 Å². The van der Waals surface area contributed by atoms with Gasteiger partial charge in [0, 0.05) is 30.3 Å². The molecule has 0 radical (unpaired) electrons. The molecule has 0 fully saturated rings. The molecule has 3 rings (SSSR count). The molecule has 1 heterocycles. The molecule has 0 aliphatic carbocycles. The summed E-state index contributed by atoms with van der Waals surface area (Å²) in [5.41, 5.74) is 2.42. The summed E-state index contributed by atoms with van der Waals surface area (Å²) in [6.45, 7) is 2.19. The summed E-state index contributed by atoms with van der Waals surface area (Å²) in [6, 6.07) is 13.3. The highest BCUT2D eigenvalue weighted by molar-refractivity contribution is 7.89. The number of hydrogen-bond donors (Lipinski definition) is 2. The quantitative estimate of drug-likeness (QED) is 0.450. The summed E-state index contributed by atoms with van der Waals surface area (Å²) in [7, 11) is -2.12. The molecule has 2 N–H and O–H groups in total. The van der Waals surface area contributed by atoms with Gasteiger partial charge in [0.15, 0.2) is 6.61 Å². The van der Waals surface area contributed by atoms with Crippen LogP contribution in [0.25, 0.3) is 11.3 Å². The van der Waals surface area contributed by atoms with Gasteiger partial charge in [0.2, 0.25) is 10.0 Å². The monoisotopic (exact) mass is 461 g/mol. The number of carbonyl (C=O) groups excluding carboxylic acids is 1. The number of nitrogens with one attached hydrogen (secondary N) is 2. The van der Waals surface area contributed by atoms with E-state index < -0.39 is 10.0 Å². The van der Waals surface area contributed by atoms with Crippen molar-refractivity contribution in [2.24, 2.45) is 0 Å². The topological polar surface area (TPSA) is 107 Å². The number of nitrogens with zero attached hydrogens (tertiary/aromatic N) is 1. The van der Waals surface area contributed by atoms with Crippen LogP contribution in [0.5, 0.6) is 5.75 Å². The molecule has 0 saturated heterocycles. The van der Waals surface area contributed by atoms with Crippen molar-refractivity contribution in [2.45, 2.75) is 11.8 Å². The number of rotatable bonds is 10. The van der Waals surface area contributed by atoms with Crippen LogP contribution in [0.4, 0.5) is 5.69 Å². The van der Waals surface area contributed by atoms with E-state index in [1.54, 1.807) is 17.4 Å². The maximum absolute atomic E-state index is 12.2. The van der Waals surface area contributed by atoms with Crippen LogP contribution in [0, 0.1) is 6.92 Å². The number of anilines is 1. The number of hydrogen-bond acceptors (Lipinski definition) is 7. The predicted octanol–water partition coefficient (Wildman–Crippen LogP) is 3.06. The molecule has 0 aliphatic heterocycles. The minimum Gasteiger partial charge on any atom is -0.484 e. The standard InChI is InChI=1S/C21H23N3O5S2/c1-15-23-20(14-30-15)16-4-3-5-17(12-16)24-21(25)13-29-18-6-8-19(9-7-18)31(26,27)22-10-11-28-2/h3-9,12,14,22H,10-11,13H2,1-2H3,(H,24,25). The van der Waals surface area contributed by atoms with Gasteiger partial charge in [-0.1, -0.05) is 12.1 Å². The second kappa shape index (κ2) is 10.5. The first kappa shape index (κ1) is 22.9. The Hall–Kier alpha value is -2.79. The van der Waals surface area contributed by atoms with Gasteiger partial charge in [-0.25, -0.2) is 18.1 Å². The second-order valence-corrected chi connectivity index (χ2v) is 9.36. The van der Waals surface area contributed by atoms with Crippen LogP contribution in [-0.2, 0) is 19.6 Å². The molecule has 1 aromatic heterocycles. The van der Waals surface area contributed by atoms with Gasteiger partial charge in [-0.15, -0.1) is 11.3 Å². The van der Waals surface area contributed by atoms with Crippen molar-refractivity contribution >= 4 is 33.0 Å². The third kappa shape index (κ3) is 6.59. The molecule has 0 spiro atoms. The van der Waals surface area contributed by atoms with Crippen molar-refractivity contribution in [2.75, 3.05) is 32.2 Å².